The summed E-state index contributed by atoms with van der Waals surface area (Å²) in [5.41, 5.74) is 7.56. The van der Waals surface area contributed by atoms with Crippen LogP contribution < -0.4 is 15.5 Å². The highest BCUT2D eigenvalue weighted by Gasteiger charge is 2.28. The normalized spacial score (nSPS) is 19.4. The van der Waals surface area contributed by atoms with Gasteiger partial charge in [0.2, 0.25) is 5.91 Å². The molecule has 3 aromatic carbocycles. The lowest BCUT2D eigenvalue weighted by Crippen LogP contribution is -2.40. The molecule has 1 atom stereocenters. The molecule has 1 heterocycles. The van der Waals surface area contributed by atoms with Crippen molar-refractivity contribution in [3.8, 4) is 0 Å². The lowest BCUT2D eigenvalue weighted by atomic mass is 9.90. The summed E-state index contributed by atoms with van der Waals surface area (Å²) in [7, 11) is 3.05. The van der Waals surface area contributed by atoms with Gasteiger partial charge in [-0.15, -0.1) is 0 Å². The van der Waals surface area contributed by atoms with Crippen molar-refractivity contribution in [2.45, 2.75) is 56.0 Å². The molecule has 1 aromatic heterocycles. The third-order valence-electron chi connectivity index (χ3n) is 8.93. The molecule has 4 aromatic rings. The van der Waals surface area contributed by atoms with Crippen LogP contribution in [0.4, 0.5) is 15.9 Å². The number of hydrogen-bond donors (Lipinski definition) is 2. The first-order chi connectivity index (χ1) is 21.7. The van der Waals surface area contributed by atoms with Crippen molar-refractivity contribution in [1.82, 2.24) is 10.3 Å². The van der Waals surface area contributed by atoms with Crippen LogP contribution >= 0.6 is 0 Å². The average Bonchev–Trinajstić information content (AvgIpc) is 3.26. The zero-order valence-electron chi connectivity index (χ0n) is 26.2. The van der Waals surface area contributed by atoms with Gasteiger partial charge in [0.15, 0.2) is 0 Å². The van der Waals surface area contributed by atoms with Crippen molar-refractivity contribution in [1.29, 1.82) is 0 Å². The van der Waals surface area contributed by atoms with E-state index in [9.17, 15) is 13.4 Å². The number of carbonyl (C=O) groups excluding carboxylic acids is 1. The van der Waals surface area contributed by atoms with Crippen molar-refractivity contribution in [3.05, 3.63) is 101 Å². The third-order valence-corrected chi connectivity index (χ3v) is 9.87. The third kappa shape index (κ3) is 6.71. The number of hydrogen-bond acceptors (Lipinski definition) is 5. The van der Waals surface area contributed by atoms with Crippen LogP contribution in [-0.2, 0) is 15.6 Å². The number of aromatic nitrogens is 1. The second-order valence-corrected chi connectivity index (χ2v) is 13.6. The molecule has 6 nitrogen and oxygen atoms in total. The predicted octanol–water partition coefficient (Wildman–Crippen LogP) is 7.43. The minimum atomic E-state index is -1.05. The van der Waals surface area contributed by atoms with Gasteiger partial charge < -0.3 is 15.5 Å². The van der Waals surface area contributed by atoms with Gasteiger partial charge in [-0.1, -0.05) is 36.4 Å². The molecule has 0 bridgehead atoms. The molecule has 1 amide bonds. The van der Waals surface area contributed by atoms with Crippen LogP contribution in [0.2, 0.25) is 0 Å². The van der Waals surface area contributed by atoms with Gasteiger partial charge in [0.1, 0.15) is 11.6 Å². The van der Waals surface area contributed by atoms with E-state index in [0.29, 0.717) is 0 Å². The Labute approximate surface area is 266 Å². The van der Waals surface area contributed by atoms with Crippen LogP contribution in [0.15, 0.2) is 83.3 Å². The SMILES string of the molecule is CC1=C(CC(=O)NC2CCC(Nc3cc(N(C)C)c4ccccc4n3)CC2)c2cc(F)ccc2/C1=C/c1ccc(S(C)=O)cc1. The summed E-state index contributed by atoms with van der Waals surface area (Å²) >= 11 is 0. The first kappa shape index (κ1) is 30.7. The summed E-state index contributed by atoms with van der Waals surface area (Å²) in [6.07, 6.45) is 7.54. The zero-order chi connectivity index (χ0) is 31.7. The molecular weight excluding hydrogens is 583 g/mol. The highest BCUT2D eigenvalue weighted by Crippen LogP contribution is 2.44. The number of para-hydroxylation sites is 1. The average molecular weight is 623 g/mol. The summed E-state index contributed by atoms with van der Waals surface area (Å²) in [6.45, 7) is 2.00. The van der Waals surface area contributed by atoms with E-state index in [1.54, 1.807) is 12.3 Å². The number of amides is 1. The molecule has 8 heteroatoms. The van der Waals surface area contributed by atoms with E-state index in [4.69, 9.17) is 4.98 Å². The number of allylic oxidation sites excluding steroid dienone is 2. The molecule has 45 heavy (non-hydrogen) atoms. The summed E-state index contributed by atoms with van der Waals surface area (Å²) in [5, 5.41) is 8.03. The highest BCUT2D eigenvalue weighted by molar-refractivity contribution is 7.84. The fourth-order valence-electron chi connectivity index (χ4n) is 6.54. The number of nitrogens with one attached hydrogen (secondary N) is 2. The fraction of sp³-hybridized carbons (Fsp3) is 0.297. The molecule has 2 aliphatic rings. The smallest absolute Gasteiger partial charge is 0.224 e. The molecule has 2 aliphatic carbocycles. The molecule has 1 unspecified atom stereocenters. The number of rotatable bonds is 8. The maximum atomic E-state index is 14.4. The summed E-state index contributed by atoms with van der Waals surface area (Å²) < 4.78 is 26.2. The largest absolute Gasteiger partial charge is 0.377 e. The minimum absolute atomic E-state index is 0.0428. The zero-order valence-corrected chi connectivity index (χ0v) is 27.0. The second-order valence-electron chi connectivity index (χ2n) is 12.3. The van der Waals surface area contributed by atoms with Crippen molar-refractivity contribution in [3.63, 3.8) is 0 Å². The van der Waals surface area contributed by atoms with Gasteiger partial charge in [-0.2, -0.15) is 0 Å². The van der Waals surface area contributed by atoms with Crippen LogP contribution in [0.1, 0.15) is 55.7 Å². The van der Waals surface area contributed by atoms with Gasteiger partial charge in [-0.25, -0.2) is 9.37 Å². The number of nitrogens with zero attached hydrogens (tertiary/aromatic N) is 2. The fourth-order valence-corrected chi connectivity index (χ4v) is 7.05. The maximum Gasteiger partial charge on any atom is 0.224 e. The lowest BCUT2D eigenvalue weighted by molar-refractivity contribution is -0.121. The Hall–Kier alpha value is -4.30. The Morgan fingerprint density at radius 3 is 2.40 bits per heavy atom. The highest BCUT2D eigenvalue weighted by atomic mass is 32.2. The molecule has 1 fully saturated rings. The van der Waals surface area contributed by atoms with E-state index < -0.39 is 10.8 Å². The molecule has 0 aliphatic heterocycles. The van der Waals surface area contributed by atoms with Gasteiger partial charge in [-0.05, 0) is 102 Å². The van der Waals surface area contributed by atoms with E-state index in [2.05, 4.69) is 33.7 Å². The van der Waals surface area contributed by atoms with Crippen molar-refractivity contribution >= 4 is 56.3 Å². The topological polar surface area (TPSA) is 74.3 Å². The number of benzene rings is 3. The number of fused-ring (bicyclic) bond motifs is 2. The Balaban J connectivity index is 1.11. The van der Waals surface area contributed by atoms with Crippen LogP contribution in [0.3, 0.4) is 0 Å². The second kappa shape index (κ2) is 13.0. The van der Waals surface area contributed by atoms with Crippen LogP contribution in [0, 0.1) is 5.82 Å². The van der Waals surface area contributed by atoms with E-state index in [1.807, 2.05) is 63.5 Å². The number of pyridine rings is 1. The summed E-state index contributed by atoms with van der Waals surface area (Å²) in [6, 6.07) is 23.1. The molecule has 0 saturated heterocycles. The van der Waals surface area contributed by atoms with Gasteiger partial charge in [0, 0.05) is 65.3 Å². The van der Waals surface area contributed by atoms with Crippen LogP contribution in [-0.4, -0.2) is 47.5 Å². The first-order valence-electron chi connectivity index (χ1n) is 15.4. The maximum absolute atomic E-state index is 14.4. The molecular formula is C37H39FN4O2S. The van der Waals surface area contributed by atoms with Gasteiger partial charge in [-0.3, -0.25) is 9.00 Å². The summed E-state index contributed by atoms with van der Waals surface area (Å²) in [4.78, 5) is 21.1. The molecule has 0 spiro atoms. The number of halogens is 1. The van der Waals surface area contributed by atoms with Gasteiger partial charge in [0.05, 0.1) is 11.9 Å². The quantitative estimate of drug-likeness (QED) is 0.214. The predicted molar refractivity (Wildman–Crippen MR) is 184 cm³/mol. The summed E-state index contributed by atoms with van der Waals surface area (Å²) in [5.74, 6) is 0.512. The molecule has 232 valence electrons. The van der Waals surface area contributed by atoms with Crippen LogP contribution in [0.5, 0.6) is 0 Å². The minimum Gasteiger partial charge on any atom is -0.377 e. The number of anilines is 2. The van der Waals surface area contributed by atoms with Gasteiger partial charge >= 0.3 is 0 Å². The number of carbonyl (C=O) groups is 1. The Morgan fingerprint density at radius 1 is 0.978 bits per heavy atom. The standard InChI is InChI=1S/C37H39FN4O2S/c1-23-31(19-24-9-16-28(17-10-24)45(4)44)29-18-11-25(38)20-33(29)32(23)21-37(43)40-27-14-12-26(13-15-27)39-36-22-35(42(2)3)30-7-5-6-8-34(30)41-36/h5-11,16-20,22,26-27H,12-15,21H2,1-4H3,(H,39,41)(H,40,43)/b31-19+. The van der Waals surface area contributed by atoms with E-state index in [1.165, 1.54) is 12.1 Å². The molecule has 2 N–H and O–H groups in total. The van der Waals surface area contributed by atoms with Crippen molar-refractivity contribution < 1.29 is 13.4 Å². The first-order valence-corrected chi connectivity index (χ1v) is 17.0. The van der Waals surface area contributed by atoms with E-state index in [-0.39, 0.29) is 30.2 Å². The molecule has 0 radical (unpaired) electrons. The molecule has 1 saturated carbocycles. The molecule has 6 rings (SSSR count). The lowest BCUT2D eigenvalue weighted by Gasteiger charge is -2.30. The van der Waals surface area contributed by atoms with E-state index in [0.717, 1.165) is 86.4 Å². The monoisotopic (exact) mass is 622 g/mol. The van der Waals surface area contributed by atoms with Crippen molar-refractivity contribution in [2.75, 3.05) is 30.6 Å². The Bertz CT molecular complexity index is 1840. The van der Waals surface area contributed by atoms with E-state index >= 15 is 0 Å². The van der Waals surface area contributed by atoms with Crippen LogP contribution in [0.25, 0.3) is 28.1 Å². The Kier molecular flexibility index (Phi) is 8.85. The van der Waals surface area contributed by atoms with Gasteiger partial charge in [0.25, 0.3) is 0 Å². The Morgan fingerprint density at radius 2 is 1.69 bits per heavy atom. The van der Waals surface area contributed by atoms with Crippen molar-refractivity contribution in [2.24, 2.45) is 0 Å².